The van der Waals surface area contributed by atoms with Crippen LogP contribution in [-0.2, 0) is 16.9 Å². The number of halogens is 1. The van der Waals surface area contributed by atoms with Crippen molar-refractivity contribution in [2.45, 2.75) is 64.3 Å². The average molecular weight is 586 g/mol. The number of rotatable bonds is 9. The van der Waals surface area contributed by atoms with Crippen LogP contribution < -0.4 is 4.74 Å². The van der Waals surface area contributed by atoms with Gasteiger partial charge in [0.05, 0.1) is 16.2 Å². The molecule has 1 amide bonds. The molecule has 1 N–H and O–H groups in total. The molecule has 2 saturated heterocycles. The molecule has 2 heterocycles. The first-order chi connectivity index (χ1) is 18.2. The van der Waals surface area contributed by atoms with Crippen LogP contribution in [0, 0.1) is 17.8 Å². The van der Waals surface area contributed by atoms with Crippen molar-refractivity contribution in [3.8, 4) is 5.75 Å². The topological polar surface area (TPSA) is 62.2 Å². The van der Waals surface area contributed by atoms with Gasteiger partial charge in [-0.15, -0.1) is 0 Å². The van der Waals surface area contributed by atoms with Gasteiger partial charge in [-0.25, -0.2) is 4.79 Å². The second-order valence-corrected chi connectivity index (χ2v) is 12.9. The largest absolute Gasteiger partial charge is 0.489 e. The molecule has 3 fully saturated rings. The minimum atomic E-state index is -0.855. The van der Waals surface area contributed by atoms with Crippen molar-refractivity contribution in [3.63, 3.8) is 0 Å². The van der Waals surface area contributed by atoms with Gasteiger partial charge in [0.1, 0.15) is 12.4 Å². The Kier molecular flexibility index (Phi) is 8.65. The maximum Gasteiger partial charge on any atom is 0.410 e. The van der Waals surface area contributed by atoms with Crippen LogP contribution in [-0.4, -0.2) is 59.8 Å². The summed E-state index contributed by atoms with van der Waals surface area (Å²) >= 11 is 3.60. The maximum absolute atomic E-state index is 12.4. The van der Waals surface area contributed by atoms with Crippen LogP contribution in [0.1, 0.15) is 57.1 Å². The zero-order valence-corrected chi connectivity index (χ0v) is 24.2. The third kappa shape index (κ3) is 7.10. The van der Waals surface area contributed by atoms with Crippen LogP contribution in [0.25, 0.3) is 0 Å². The van der Waals surface area contributed by atoms with E-state index in [4.69, 9.17) is 9.47 Å². The van der Waals surface area contributed by atoms with Gasteiger partial charge in [0.2, 0.25) is 0 Å². The SMILES string of the molecule is CC(C)(O)c1ccc(OC2CC(CN3CC(CC4CCN(C(=O)OCc5ccccc5)CC4)C3)C2)c(Br)c1. The monoisotopic (exact) mass is 584 g/mol. The van der Waals surface area contributed by atoms with E-state index >= 15 is 0 Å². The van der Waals surface area contributed by atoms with Crippen LogP contribution in [0.2, 0.25) is 0 Å². The molecule has 2 aliphatic heterocycles. The Morgan fingerprint density at radius 2 is 1.74 bits per heavy atom. The molecule has 7 heteroatoms. The fraction of sp³-hybridized carbons (Fsp3) is 0.581. The summed E-state index contributed by atoms with van der Waals surface area (Å²) in [5, 5.41) is 10.2. The normalized spacial score (nSPS) is 23.0. The number of hydrogen-bond donors (Lipinski definition) is 1. The highest BCUT2D eigenvalue weighted by molar-refractivity contribution is 9.10. The lowest BCUT2D eigenvalue weighted by Gasteiger charge is -2.46. The van der Waals surface area contributed by atoms with E-state index in [1.54, 1.807) is 13.8 Å². The molecular formula is C31H41BrN2O4. The Morgan fingerprint density at radius 1 is 1.03 bits per heavy atom. The average Bonchev–Trinajstić information content (AvgIpc) is 2.85. The van der Waals surface area contributed by atoms with E-state index in [9.17, 15) is 9.90 Å². The highest BCUT2D eigenvalue weighted by Gasteiger charge is 2.37. The molecular weight excluding hydrogens is 544 g/mol. The number of hydrogen-bond acceptors (Lipinski definition) is 5. The van der Waals surface area contributed by atoms with Crippen molar-refractivity contribution in [3.05, 3.63) is 64.1 Å². The van der Waals surface area contributed by atoms with Crippen molar-refractivity contribution in [2.75, 3.05) is 32.7 Å². The molecule has 5 rings (SSSR count). The Bertz CT molecular complexity index is 1070. The number of likely N-dealkylation sites (tertiary alicyclic amines) is 2. The minimum absolute atomic E-state index is 0.177. The highest BCUT2D eigenvalue weighted by atomic mass is 79.9. The molecule has 3 aliphatic rings. The van der Waals surface area contributed by atoms with Gasteiger partial charge < -0.3 is 24.4 Å². The third-order valence-electron chi connectivity index (χ3n) is 8.42. The van der Waals surface area contributed by atoms with E-state index in [-0.39, 0.29) is 12.2 Å². The minimum Gasteiger partial charge on any atom is -0.489 e. The summed E-state index contributed by atoms with van der Waals surface area (Å²) in [5.41, 5.74) is 1.05. The highest BCUT2D eigenvalue weighted by Crippen LogP contribution is 2.38. The number of carbonyl (C=O) groups excluding carboxylic acids is 1. The maximum atomic E-state index is 12.4. The zero-order valence-electron chi connectivity index (χ0n) is 22.7. The van der Waals surface area contributed by atoms with E-state index in [0.29, 0.717) is 6.61 Å². The smallest absolute Gasteiger partial charge is 0.410 e. The third-order valence-corrected chi connectivity index (χ3v) is 9.04. The van der Waals surface area contributed by atoms with Gasteiger partial charge in [0.15, 0.2) is 0 Å². The molecule has 206 valence electrons. The lowest BCUT2D eigenvalue weighted by molar-refractivity contribution is 0.00224. The molecule has 0 atom stereocenters. The second-order valence-electron chi connectivity index (χ2n) is 12.1. The molecule has 0 aromatic heterocycles. The Hall–Kier alpha value is -2.09. The predicted octanol–water partition coefficient (Wildman–Crippen LogP) is 6.20. The van der Waals surface area contributed by atoms with Crippen LogP contribution in [0.5, 0.6) is 5.75 Å². The summed E-state index contributed by atoms with van der Waals surface area (Å²) < 4.78 is 12.6. The van der Waals surface area contributed by atoms with Crippen molar-refractivity contribution < 1.29 is 19.4 Å². The summed E-state index contributed by atoms with van der Waals surface area (Å²) in [7, 11) is 0. The van der Waals surface area contributed by atoms with Gasteiger partial charge in [0, 0.05) is 32.7 Å². The van der Waals surface area contributed by atoms with E-state index in [1.807, 2.05) is 53.4 Å². The standard InChI is InChI=1S/C31H41BrN2O4/c1-31(2,36)26-8-9-29(28(32)17-26)38-27-15-24(16-27)18-33-19-25(20-33)14-22-10-12-34(13-11-22)30(35)37-21-23-6-4-3-5-7-23/h3-9,17,22,24-25,27,36H,10-16,18-21H2,1-2H3. The molecule has 1 aliphatic carbocycles. The number of carbonyl (C=O) groups is 1. The molecule has 6 nitrogen and oxygen atoms in total. The fourth-order valence-electron chi connectivity index (χ4n) is 6.05. The number of ether oxygens (including phenoxy) is 2. The Balaban J connectivity index is 0.935. The van der Waals surface area contributed by atoms with Gasteiger partial charge in [-0.1, -0.05) is 36.4 Å². The van der Waals surface area contributed by atoms with E-state index in [1.165, 1.54) is 26.1 Å². The first kappa shape index (κ1) is 27.5. The first-order valence-corrected chi connectivity index (χ1v) is 14.9. The summed E-state index contributed by atoms with van der Waals surface area (Å²) in [6, 6.07) is 15.7. The molecule has 0 bridgehead atoms. The predicted molar refractivity (Wildman–Crippen MR) is 152 cm³/mol. The molecule has 2 aromatic rings. The van der Waals surface area contributed by atoms with Crippen LogP contribution in [0.3, 0.4) is 0 Å². The van der Waals surface area contributed by atoms with Crippen molar-refractivity contribution in [1.29, 1.82) is 0 Å². The lowest BCUT2D eigenvalue weighted by Crippen LogP contribution is -2.52. The summed E-state index contributed by atoms with van der Waals surface area (Å²) in [5.74, 6) is 3.11. The molecule has 2 aromatic carbocycles. The van der Waals surface area contributed by atoms with Gasteiger partial charge in [-0.3, -0.25) is 0 Å². The summed E-state index contributed by atoms with van der Waals surface area (Å²) in [4.78, 5) is 16.9. The van der Waals surface area contributed by atoms with Gasteiger partial charge in [-0.2, -0.15) is 0 Å². The Morgan fingerprint density at radius 3 is 2.39 bits per heavy atom. The molecule has 38 heavy (non-hydrogen) atoms. The molecule has 1 saturated carbocycles. The quantitative estimate of drug-likeness (QED) is 0.380. The summed E-state index contributed by atoms with van der Waals surface area (Å²) in [6.07, 6.45) is 5.79. The Labute approximate surface area is 235 Å². The van der Waals surface area contributed by atoms with E-state index < -0.39 is 5.60 Å². The van der Waals surface area contributed by atoms with Crippen molar-refractivity contribution in [1.82, 2.24) is 9.80 Å². The van der Waals surface area contributed by atoms with Crippen molar-refractivity contribution in [2.24, 2.45) is 17.8 Å². The molecule has 0 unspecified atom stereocenters. The van der Waals surface area contributed by atoms with Gasteiger partial charge in [0.25, 0.3) is 0 Å². The summed E-state index contributed by atoms with van der Waals surface area (Å²) in [6.45, 7) is 9.17. The van der Waals surface area contributed by atoms with Gasteiger partial charge in [-0.05, 0) is 103 Å². The number of amides is 1. The lowest BCUT2D eigenvalue weighted by atomic mass is 9.79. The first-order valence-electron chi connectivity index (χ1n) is 14.1. The van der Waals surface area contributed by atoms with Crippen LogP contribution >= 0.6 is 15.9 Å². The number of benzene rings is 2. The van der Waals surface area contributed by atoms with Crippen molar-refractivity contribution >= 4 is 22.0 Å². The van der Waals surface area contributed by atoms with Gasteiger partial charge >= 0.3 is 6.09 Å². The number of piperidine rings is 1. The van der Waals surface area contributed by atoms with Crippen LogP contribution in [0.4, 0.5) is 4.79 Å². The number of aliphatic hydroxyl groups is 1. The fourth-order valence-corrected chi connectivity index (χ4v) is 6.52. The van der Waals surface area contributed by atoms with E-state index in [2.05, 4.69) is 20.8 Å². The second kappa shape index (κ2) is 12.0. The van der Waals surface area contributed by atoms with Crippen LogP contribution in [0.15, 0.2) is 53.0 Å². The van der Waals surface area contributed by atoms with E-state index in [0.717, 1.165) is 77.9 Å². The zero-order chi connectivity index (χ0) is 26.7. The molecule has 0 spiro atoms. The number of nitrogens with zero attached hydrogens (tertiary/aromatic N) is 2. The molecule has 0 radical (unpaired) electrons.